The van der Waals surface area contributed by atoms with Gasteiger partial charge in [0.25, 0.3) is 5.91 Å². The van der Waals surface area contributed by atoms with E-state index in [1.54, 1.807) is 30.3 Å². The fourth-order valence-electron chi connectivity index (χ4n) is 2.10. The van der Waals surface area contributed by atoms with Crippen LogP contribution in [0.15, 0.2) is 60.9 Å². The molecule has 1 heterocycles. The van der Waals surface area contributed by atoms with Crippen molar-refractivity contribution in [3.05, 3.63) is 78.0 Å². The molecule has 122 valence electrons. The number of hydrogen-bond acceptors (Lipinski definition) is 5. The maximum absolute atomic E-state index is 13.1. The first-order valence-electron chi connectivity index (χ1n) is 7.31. The molecule has 0 saturated heterocycles. The Balaban J connectivity index is 1.71. The minimum Gasteiger partial charge on any atom is -0.338 e. The van der Waals surface area contributed by atoms with Crippen LogP contribution in [-0.2, 0) is 0 Å². The lowest BCUT2D eigenvalue weighted by Crippen LogP contribution is -2.14. The zero-order valence-electron chi connectivity index (χ0n) is 12.9. The van der Waals surface area contributed by atoms with Gasteiger partial charge in [-0.15, -0.1) is 0 Å². The highest BCUT2D eigenvalue weighted by molar-refractivity contribution is 6.02. The monoisotopic (exact) mass is 333 g/mol. The minimum absolute atomic E-state index is 0.0865. The number of carbonyl (C=O) groups excluding carboxylic acids is 1. The molecule has 0 unspecified atom stereocenters. The molecule has 25 heavy (non-hydrogen) atoms. The summed E-state index contributed by atoms with van der Waals surface area (Å²) in [4.78, 5) is 20.2. The molecule has 1 amide bonds. The van der Waals surface area contributed by atoms with Gasteiger partial charge >= 0.3 is 0 Å². The van der Waals surface area contributed by atoms with E-state index in [2.05, 4.69) is 26.7 Å². The Morgan fingerprint density at radius 2 is 1.92 bits per heavy atom. The molecular weight excluding hydrogens is 321 g/mol. The van der Waals surface area contributed by atoms with Crippen LogP contribution in [0, 0.1) is 17.1 Å². The summed E-state index contributed by atoms with van der Waals surface area (Å²) in [5.74, 6) is -0.549. The summed E-state index contributed by atoms with van der Waals surface area (Å²) in [5.41, 5.74) is 1.48. The van der Waals surface area contributed by atoms with E-state index in [0.717, 1.165) is 0 Å². The standard InChI is InChI=1S/C18H12FN5O/c19-13-5-3-6-14(8-13)23-18(25)16-10-22-17(11-21-16)24-15-7-2-1-4-12(15)9-20/h1-8,10-11H,(H,22,24)(H,23,25). The summed E-state index contributed by atoms with van der Waals surface area (Å²) in [6, 6.07) is 14.6. The smallest absolute Gasteiger partial charge is 0.275 e. The molecule has 6 nitrogen and oxygen atoms in total. The second-order valence-electron chi connectivity index (χ2n) is 5.03. The molecule has 2 aromatic carbocycles. The number of anilines is 3. The highest BCUT2D eigenvalue weighted by Crippen LogP contribution is 2.18. The van der Waals surface area contributed by atoms with Crippen molar-refractivity contribution >= 4 is 23.1 Å². The molecule has 0 aliphatic rings. The SMILES string of the molecule is N#Cc1ccccc1Nc1cnc(C(=O)Nc2cccc(F)c2)cn1. The Kier molecular flexibility index (Phi) is 4.62. The molecule has 0 saturated carbocycles. The summed E-state index contributed by atoms with van der Waals surface area (Å²) in [6.07, 6.45) is 2.68. The van der Waals surface area contributed by atoms with Crippen LogP contribution in [0.2, 0.25) is 0 Å². The zero-order valence-corrected chi connectivity index (χ0v) is 12.9. The summed E-state index contributed by atoms with van der Waals surface area (Å²) in [5, 5.41) is 14.6. The maximum Gasteiger partial charge on any atom is 0.275 e. The number of nitriles is 1. The molecule has 0 aliphatic carbocycles. The molecule has 0 radical (unpaired) electrons. The molecule has 0 aliphatic heterocycles. The third-order valence-electron chi connectivity index (χ3n) is 3.28. The predicted octanol–water partition coefficient (Wildman–Crippen LogP) is 3.48. The molecule has 3 rings (SSSR count). The van der Waals surface area contributed by atoms with Gasteiger partial charge in [0.2, 0.25) is 0 Å². The van der Waals surface area contributed by atoms with E-state index in [1.807, 2.05) is 0 Å². The lowest BCUT2D eigenvalue weighted by Gasteiger charge is -2.08. The van der Waals surface area contributed by atoms with Gasteiger partial charge in [0.15, 0.2) is 0 Å². The van der Waals surface area contributed by atoms with Crippen molar-refractivity contribution in [2.45, 2.75) is 0 Å². The van der Waals surface area contributed by atoms with Gasteiger partial charge < -0.3 is 10.6 Å². The highest BCUT2D eigenvalue weighted by Gasteiger charge is 2.09. The first kappa shape index (κ1) is 16.1. The van der Waals surface area contributed by atoms with Crippen molar-refractivity contribution in [1.82, 2.24) is 9.97 Å². The molecule has 3 aromatic rings. The van der Waals surface area contributed by atoms with Crippen molar-refractivity contribution in [2.75, 3.05) is 10.6 Å². The lowest BCUT2D eigenvalue weighted by molar-refractivity contribution is 0.102. The summed E-state index contributed by atoms with van der Waals surface area (Å²) in [7, 11) is 0. The van der Waals surface area contributed by atoms with Crippen LogP contribution in [0.5, 0.6) is 0 Å². The first-order chi connectivity index (χ1) is 12.2. The lowest BCUT2D eigenvalue weighted by atomic mass is 10.2. The van der Waals surface area contributed by atoms with Crippen LogP contribution in [0.25, 0.3) is 0 Å². The molecule has 2 N–H and O–H groups in total. The summed E-state index contributed by atoms with van der Waals surface area (Å²) >= 11 is 0. The van der Waals surface area contributed by atoms with Crippen LogP contribution in [0.3, 0.4) is 0 Å². The zero-order chi connectivity index (χ0) is 17.6. The number of nitrogens with zero attached hydrogens (tertiary/aromatic N) is 3. The predicted molar refractivity (Wildman–Crippen MR) is 90.8 cm³/mol. The third-order valence-corrected chi connectivity index (χ3v) is 3.28. The van der Waals surface area contributed by atoms with Crippen molar-refractivity contribution < 1.29 is 9.18 Å². The van der Waals surface area contributed by atoms with Crippen LogP contribution in [0.1, 0.15) is 16.1 Å². The number of nitrogens with one attached hydrogen (secondary N) is 2. The number of carbonyl (C=O) groups is 1. The van der Waals surface area contributed by atoms with Gasteiger partial charge in [-0.25, -0.2) is 14.4 Å². The van der Waals surface area contributed by atoms with Crippen molar-refractivity contribution in [2.24, 2.45) is 0 Å². The number of aromatic nitrogens is 2. The number of rotatable bonds is 4. The fraction of sp³-hybridized carbons (Fsp3) is 0. The number of hydrogen-bond donors (Lipinski definition) is 2. The Bertz CT molecular complexity index is 950. The Morgan fingerprint density at radius 1 is 1.08 bits per heavy atom. The van der Waals surface area contributed by atoms with Crippen molar-refractivity contribution in [3.8, 4) is 6.07 Å². The van der Waals surface area contributed by atoms with Crippen molar-refractivity contribution in [3.63, 3.8) is 0 Å². The maximum atomic E-state index is 13.1. The van der Waals surface area contributed by atoms with E-state index in [4.69, 9.17) is 5.26 Å². The van der Waals surface area contributed by atoms with E-state index in [9.17, 15) is 9.18 Å². The van der Waals surface area contributed by atoms with Gasteiger partial charge in [0.1, 0.15) is 23.4 Å². The van der Waals surface area contributed by atoms with Gasteiger partial charge in [-0.2, -0.15) is 5.26 Å². The summed E-state index contributed by atoms with van der Waals surface area (Å²) < 4.78 is 13.1. The van der Waals surface area contributed by atoms with E-state index >= 15 is 0 Å². The number of amides is 1. The van der Waals surface area contributed by atoms with E-state index in [1.165, 1.54) is 30.6 Å². The second-order valence-corrected chi connectivity index (χ2v) is 5.03. The molecule has 0 atom stereocenters. The highest BCUT2D eigenvalue weighted by atomic mass is 19.1. The molecule has 1 aromatic heterocycles. The first-order valence-corrected chi connectivity index (χ1v) is 7.31. The van der Waals surface area contributed by atoms with Crippen LogP contribution >= 0.6 is 0 Å². The Hall–Kier alpha value is -3.79. The molecule has 0 fully saturated rings. The van der Waals surface area contributed by atoms with E-state index in [0.29, 0.717) is 22.8 Å². The van der Waals surface area contributed by atoms with Gasteiger partial charge in [-0.3, -0.25) is 4.79 Å². The fourth-order valence-corrected chi connectivity index (χ4v) is 2.10. The summed E-state index contributed by atoms with van der Waals surface area (Å²) in [6.45, 7) is 0. The van der Waals surface area contributed by atoms with E-state index in [-0.39, 0.29) is 5.69 Å². The van der Waals surface area contributed by atoms with Crippen LogP contribution < -0.4 is 10.6 Å². The number of benzene rings is 2. The average Bonchev–Trinajstić information content (AvgIpc) is 2.63. The normalized spacial score (nSPS) is 9.92. The Morgan fingerprint density at radius 3 is 2.64 bits per heavy atom. The van der Waals surface area contributed by atoms with Gasteiger partial charge in [-0.05, 0) is 30.3 Å². The molecular formula is C18H12FN5O. The second kappa shape index (κ2) is 7.19. The van der Waals surface area contributed by atoms with Crippen LogP contribution in [-0.4, -0.2) is 15.9 Å². The quantitative estimate of drug-likeness (QED) is 0.763. The number of halogens is 1. The topological polar surface area (TPSA) is 90.7 Å². The van der Waals surface area contributed by atoms with E-state index < -0.39 is 11.7 Å². The van der Waals surface area contributed by atoms with Gasteiger partial charge in [-0.1, -0.05) is 18.2 Å². The van der Waals surface area contributed by atoms with Gasteiger partial charge in [0, 0.05) is 5.69 Å². The molecule has 0 spiro atoms. The van der Waals surface area contributed by atoms with Crippen molar-refractivity contribution in [1.29, 1.82) is 5.26 Å². The largest absolute Gasteiger partial charge is 0.338 e. The van der Waals surface area contributed by atoms with Gasteiger partial charge in [0.05, 0.1) is 23.6 Å². The minimum atomic E-state index is -0.498. The number of para-hydroxylation sites is 1. The van der Waals surface area contributed by atoms with Crippen LogP contribution in [0.4, 0.5) is 21.6 Å². The Labute approximate surface area is 143 Å². The third kappa shape index (κ3) is 3.95. The molecule has 0 bridgehead atoms. The average molecular weight is 333 g/mol. The molecule has 7 heteroatoms.